The molecule has 2 aliphatic carbocycles. The van der Waals surface area contributed by atoms with Crippen molar-refractivity contribution in [2.75, 3.05) is 6.54 Å². The Morgan fingerprint density at radius 3 is 2.69 bits per heavy atom. The van der Waals surface area contributed by atoms with Crippen LogP contribution >= 0.6 is 0 Å². The standard InChI is InChI=1S/C27H36N2O3/c1-17(20-16-28-21-8-4-7-19(24(20)21)18-10-11-18)15-23(30)29-14-6-13-26(2)22(29)9-5-12-27(26,3)25(31)32/h4,7-8,16-18,22,28H,5-6,9-15H2,1-3H3,(H,31,32). The number of carbonyl (C=O) groups excluding carboxylic acids is 1. The summed E-state index contributed by atoms with van der Waals surface area (Å²) >= 11 is 0. The van der Waals surface area contributed by atoms with E-state index >= 15 is 0 Å². The van der Waals surface area contributed by atoms with Crippen molar-refractivity contribution in [3.63, 3.8) is 0 Å². The Kier molecular flexibility index (Phi) is 5.14. The Labute approximate surface area is 190 Å². The number of nitrogens with zero attached hydrogens (tertiary/aromatic N) is 1. The molecule has 2 saturated carbocycles. The second kappa shape index (κ2) is 7.64. The molecule has 1 aromatic heterocycles. The van der Waals surface area contributed by atoms with Crippen LogP contribution in [0, 0.1) is 10.8 Å². The number of hydrogen-bond acceptors (Lipinski definition) is 2. The zero-order valence-corrected chi connectivity index (χ0v) is 19.6. The van der Waals surface area contributed by atoms with E-state index in [1.807, 2.05) is 6.92 Å². The Hall–Kier alpha value is -2.30. The SMILES string of the molecule is CC(CC(=O)N1CCCC2(C)C1CCCC2(C)C(=O)O)c1c[nH]c2cccc(C3CC3)c12. The van der Waals surface area contributed by atoms with Gasteiger partial charge >= 0.3 is 5.97 Å². The van der Waals surface area contributed by atoms with Crippen LogP contribution in [-0.2, 0) is 9.59 Å². The van der Waals surface area contributed by atoms with Crippen molar-refractivity contribution in [1.82, 2.24) is 9.88 Å². The highest BCUT2D eigenvalue weighted by Crippen LogP contribution is 2.56. The topological polar surface area (TPSA) is 73.4 Å². The predicted molar refractivity (Wildman–Crippen MR) is 126 cm³/mol. The van der Waals surface area contributed by atoms with E-state index in [0.717, 1.165) is 32.2 Å². The van der Waals surface area contributed by atoms with Crippen molar-refractivity contribution in [2.24, 2.45) is 10.8 Å². The minimum absolute atomic E-state index is 0.0239. The molecule has 2 N–H and O–H groups in total. The molecule has 0 spiro atoms. The van der Waals surface area contributed by atoms with E-state index < -0.39 is 11.4 Å². The van der Waals surface area contributed by atoms with Gasteiger partial charge in [0.05, 0.1) is 5.41 Å². The van der Waals surface area contributed by atoms with E-state index in [4.69, 9.17) is 0 Å². The summed E-state index contributed by atoms with van der Waals surface area (Å²) in [5.74, 6) is 0.258. The van der Waals surface area contributed by atoms with Crippen LogP contribution in [0.5, 0.6) is 0 Å². The minimum Gasteiger partial charge on any atom is -0.481 e. The van der Waals surface area contributed by atoms with Crippen molar-refractivity contribution >= 4 is 22.8 Å². The molecule has 1 aromatic carbocycles. The molecule has 2 heterocycles. The number of aromatic amines is 1. The average molecular weight is 437 g/mol. The number of aromatic nitrogens is 1. The summed E-state index contributed by atoms with van der Waals surface area (Å²) in [4.78, 5) is 31.4. The van der Waals surface area contributed by atoms with Gasteiger partial charge in [-0.05, 0) is 74.5 Å². The van der Waals surface area contributed by atoms with Crippen LogP contribution in [-0.4, -0.2) is 39.5 Å². The van der Waals surface area contributed by atoms with E-state index in [1.54, 1.807) is 0 Å². The largest absolute Gasteiger partial charge is 0.481 e. The number of amides is 1. The summed E-state index contributed by atoms with van der Waals surface area (Å²) in [5.41, 5.74) is 2.70. The van der Waals surface area contributed by atoms with E-state index in [2.05, 4.69) is 48.1 Å². The number of aliphatic carboxylic acids is 1. The molecule has 2 aromatic rings. The summed E-state index contributed by atoms with van der Waals surface area (Å²) in [5, 5.41) is 11.4. The van der Waals surface area contributed by atoms with Crippen LogP contribution in [0.3, 0.4) is 0 Å². The van der Waals surface area contributed by atoms with Crippen LogP contribution in [0.2, 0.25) is 0 Å². The van der Waals surface area contributed by atoms with E-state index in [9.17, 15) is 14.7 Å². The number of rotatable bonds is 5. The average Bonchev–Trinajstić information content (AvgIpc) is 3.51. The van der Waals surface area contributed by atoms with E-state index in [-0.39, 0.29) is 23.3 Å². The van der Waals surface area contributed by atoms with E-state index in [0.29, 0.717) is 18.8 Å². The molecule has 1 saturated heterocycles. The Bertz CT molecular complexity index is 1050. The maximum Gasteiger partial charge on any atom is 0.309 e. The number of hydrogen-bond donors (Lipinski definition) is 2. The third kappa shape index (κ3) is 3.19. The third-order valence-corrected chi connectivity index (χ3v) is 9.21. The predicted octanol–water partition coefficient (Wildman–Crippen LogP) is 5.81. The number of piperidine rings is 1. The number of likely N-dealkylation sites (tertiary alicyclic amines) is 1. The summed E-state index contributed by atoms with van der Waals surface area (Å²) in [6, 6.07) is 6.53. The monoisotopic (exact) mass is 436 g/mol. The quantitative estimate of drug-likeness (QED) is 0.621. The molecule has 5 rings (SSSR count). The third-order valence-electron chi connectivity index (χ3n) is 9.21. The van der Waals surface area contributed by atoms with Crippen molar-refractivity contribution < 1.29 is 14.7 Å². The number of fused-ring (bicyclic) bond motifs is 2. The zero-order valence-electron chi connectivity index (χ0n) is 19.6. The first-order chi connectivity index (χ1) is 15.3. The molecule has 3 fully saturated rings. The van der Waals surface area contributed by atoms with Crippen LogP contribution < -0.4 is 0 Å². The zero-order chi connectivity index (χ0) is 22.7. The molecule has 0 radical (unpaired) electrons. The normalized spacial score (nSPS) is 31.3. The van der Waals surface area contributed by atoms with Gasteiger partial charge in [-0.25, -0.2) is 0 Å². The molecule has 0 bridgehead atoms. The van der Waals surface area contributed by atoms with Gasteiger partial charge in [0.2, 0.25) is 5.91 Å². The van der Waals surface area contributed by atoms with Gasteiger partial charge in [-0.1, -0.05) is 32.4 Å². The van der Waals surface area contributed by atoms with Gasteiger partial charge < -0.3 is 15.0 Å². The lowest BCUT2D eigenvalue weighted by Gasteiger charge is -2.58. The molecule has 3 aliphatic rings. The lowest BCUT2D eigenvalue weighted by atomic mass is 9.52. The summed E-state index contributed by atoms with van der Waals surface area (Å²) in [7, 11) is 0. The molecule has 1 aliphatic heterocycles. The van der Waals surface area contributed by atoms with Crippen molar-refractivity contribution in [1.29, 1.82) is 0 Å². The summed E-state index contributed by atoms with van der Waals surface area (Å²) in [6.07, 6.45) is 9.34. The number of carbonyl (C=O) groups is 2. The van der Waals surface area contributed by atoms with Crippen LogP contribution in [0.4, 0.5) is 0 Å². The van der Waals surface area contributed by atoms with Gasteiger partial charge in [0.1, 0.15) is 0 Å². The second-order valence-electron chi connectivity index (χ2n) is 11.0. The van der Waals surface area contributed by atoms with Gasteiger partial charge in [-0.15, -0.1) is 0 Å². The lowest BCUT2D eigenvalue weighted by Crippen LogP contribution is -2.63. The fraction of sp³-hybridized carbons (Fsp3) is 0.630. The molecule has 5 heteroatoms. The lowest BCUT2D eigenvalue weighted by molar-refractivity contribution is -0.176. The molecule has 1 amide bonds. The van der Waals surface area contributed by atoms with Crippen LogP contribution in [0.1, 0.15) is 95.1 Å². The molecule has 172 valence electrons. The van der Waals surface area contributed by atoms with Crippen LogP contribution in [0.15, 0.2) is 24.4 Å². The van der Waals surface area contributed by atoms with Gasteiger partial charge in [-0.2, -0.15) is 0 Å². The second-order valence-corrected chi connectivity index (χ2v) is 11.0. The highest BCUT2D eigenvalue weighted by molar-refractivity contribution is 5.89. The molecule has 4 unspecified atom stereocenters. The molecular weight excluding hydrogens is 400 g/mol. The number of nitrogens with one attached hydrogen (secondary N) is 1. The Morgan fingerprint density at radius 2 is 1.97 bits per heavy atom. The Morgan fingerprint density at radius 1 is 1.19 bits per heavy atom. The molecular formula is C27H36N2O3. The number of benzene rings is 1. The molecule has 5 nitrogen and oxygen atoms in total. The Balaban J connectivity index is 1.40. The molecule has 32 heavy (non-hydrogen) atoms. The first-order valence-electron chi connectivity index (χ1n) is 12.4. The van der Waals surface area contributed by atoms with Crippen molar-refractivity contribution in [3.05, 3.63) is 35.5 Å². The fourth-order valence-corrected chi connectivity index (χ4v) is 6.84. The summed E-state index contributed by atoms with van der Waals surface area (Å²) < 4.78 is 0. The van der Waals surface area contributed by atoms with Crippen LogP contribution in [0.25, 0.3) is 10.9 Å². The van der Waals surface area contributed by atoms with Gasteiger partial charge in [0.15, 0.2) is 0 Å². The van der Waals surface area contributed by atoms with Gasteiger partial charge in [-0.3, -0.25) is 9.59 Å². The minimum atomic E-state index is -0.767. The highest BCUT2D eigenvalue weighted by Gasteiger charge is 2.59. The summed E-state index contributed by atoms with van der Waals surface area (Å²) in [6.45, 7) is 6.94. The number of carboxylic acids is 1. The smallest absolute Gasteiger partial charge is 0.309 e. The van der Waals surface area contributed by atoms with E-state index in [1.165, 1.54) is 34.9 Å². The fourth-order valence-electron chi connectivity index (χ4n) is 6.84. The molecule has 4 atom stereocenters. The number of carboxylic acid groups (broad SMARTS) is 1. The van der Waals surface area contributed by atoms with Gasteiger partial charge in [0.25, 0.3) is 0 Å². The maximum absolute atomic E-state index is 13.6. The number of H-pyrrole nitrogens is 1. The van der Waals surface area contributed by atoms with Crippen molar-refractivity contribution in [2.45, 2.75) is 90.0 Å². The van der Waals surface area contributed by atoms with Gasteiger partial charge in [0, 0.05) is 41.5 Å². The first kappa shape index (κ1) is 21.5. The maximum atomic E-state index is 13.6. The van der Waals surface area contributed by atoms with Crippen molar-refractivity contribution in [3.8, 4) is 0 Å². The first-order valence-corrected chi connectivity index (χ1v) is 12.4. The highest BCUT2D eigenvalue weighted by atomic mass is 16.4.